The fraction of sp³-hybridized carbons (Fsp3) is 0.417. The molecule has 2 aromatic rings. The van der Waals surface area contributed by atoms with Gasteiger partial charge in [0, 0.05) is 18.6 Å². The van der Waals surface area contributed by atoms with Crippen LogP contribution in [0.15, 0.2) is 36.4 Å². The van der Waals surface area contributed by atoms with Gasteiger partial charge >= 0.3 is 5.97 Å². The predicted molar refractivity (Wildman–Crippen MR) is 124 cm³/mol. The third-order valence-electron chi connectivity index (χ3n) is 5.82. The molecule has 0 radical (unpaired) electrons. The molecule has 2 aromatic carbocycles. The second-order valence-corrected chi connectivity index (χ2v) is 11.2. The molecule has 2 atom stereocenters. The Morgan fingerprint density at radius 1 is 1.14 bits per heavy atom. The van der Waals surface area contributed by atoms with Crippen LogP contribution in [-0.2, 0) is 30.8 Å². The number of ether oxygens (including phenoxy) is 1. The zero-order valence-corrected chi connectivity index (χ0v) is 21.1. The molecule has 0 saturated carbocycles. The Bertz CT molecular complexity index is 1310. The predicted octanol–water partition coefficient (Wildman–Crippen LogP) is 3.42. The van der Waals surface area contributed by atoms with Crippen LogP contribution in [0.4, 0.5) is 22.0 Å². The molecule has 0 unspecified atom stereocenters. The highest BCUT2D eigenvalue weighted by atomic mass is 32.2. The summed E-state index contributed by atoms with van der Waals surface area (Å²) in [6.07, 6.45) is 0.0647. The molecule has 1 aliphatic rings. The van der Waals surface area contributed by atoms with Crippen molar-refractivity contribution in [2.24, 2.45) is 0 Å². The largest absolute Gasteiger partial charge is 0.450 e. The Balaban J connectivity index is 2.09. The maximum absolute atomic E-state index is 15.5. The lowest BCUT2D eigenvalue weighted by Crippen LogP contribution is -2.54. The third-order valence-corrected chi connectivity index (χ3v) is 6.50. The number of likely N-dealkylation sites (tertiary alicyclic amines) is 1. The zero-order valence-electron chi connectivity index (χ0n) is 20.3. The van der Waals surface area contributed by atoms with Crippen LogP contribution in [0.5, 0.6) is 0 Å². The van der Waals surface area contributed by atoms with Crippen LogP contribution in [0.1, 0.15) is 26.3 Å². The third kappa shape index (κ3) is 6.45. The molecular weight excluding hydrogens is 523 g/mol. The van der Waals surface area contributed by atoms with Crippen molar-refractivity contribution in [3.8, 4) is 11.1 Å². The molecule has 13 heteroatoms. The van der Waals surface area contributed by atoms with E-state index in [-0.39, 0.29) is 16.7 Å². The Morgan fingerprint density at radius 2 is 1.73 bits per heavy atom. The molecule has 1 saturated heterocycles. The van der Waals surface area contributed by atoms with Crippen molar-refractivity contribution in [3.05, 3.63) is 59.4 Å². The van der Waals surface area contributed by atoms with E-state index in [1.165, 1.54) is 32.0 Å². The topological polar surface area (TPSA) is 92.8 Å². The van der Waals surface area contributed by atoms with Crippen molar-refractivity contribution < 1.29 is 44.7 Å². The first kappa shape index (κ1) is 28.5. The number of sulfonamides is 1. The Kier molecular flexibility index (Phi) is 7.71. The van der Waals surface area contributed by atoms with Gasteiger partial charge in [-0.2, -0.15) is 0 Å². The standard InChI is InChI=1S/C24H25F5N2O5S/c1-13(32)36-23(2,3)22(33)31-12-24(28,29)21(30-37(4,34)35)19(31)10-14-6-5-7-18(20(14)27)15-8-16(25)11-17(26)9-15/h5-9,11,19,21,30H,10,12H2,1-4H3/t19-,21+/m0/s1. The number of benzene rings is 2. The summed E-state index contributed by atoms with van der Waals surface area (Å²) < 4.78 is 104. The number of carbonyl (C=O) groups is 2. The number of esters is 1. The number of nitrogens with one attached hydrogen (secondary N) is 1. The fourth-order valence-electron chi connectivity index (χ4n) is 4.39. The van der Waals surface area contributed by atoms with Gasteiger partial charge in [-0.05, 0) is 43.5 Å². The van der Waals surface area contributed by atoms with Crippen LogP contribution in [0, 0.1) is 17.5 Å². The fourth-order valence-corrected chi connectivity index (χ4v) is 5.18. The van der Waals surface area contributed by atoms with Gasteiger partial charge in [-0.1, -0.05) is 18.2 Å². The number of hydrogen-bond acceptors (Lipinski definition) is 5. The van der Waals surface area contributed by atoms with Gasteiger partial charge in [-0.15, -0.1) is 0 Å². The van der Waals surface area contributed by atoms with Crippen molar-refractivity contribution in [1.82, 2.24) is 9.62 Å². The molecule has 202 valence electrons. The van der Waals surface area contributed by atoms with Gasteiger partial charge in [0.25, 0.3) is 11.8 Å². The highest BCUT2D eigenvalue weighted by Crippen LogP contribution is 2.37. The van der Waals surface area contributed by atoms with Gasteiger partial charge in [0.05, 0.1) is 18.8 Å². The molecule has 1 amide bonds. The summed E-state index contributed by atoms with van der Waals surface area (Å²) >= 11 is 0. The van der Waals surface area contributed by atoms with E-state index in [0.717, 1.165) is 19.1 Å². The molecule has 1 fully saturated rings. The van der Waals surface area contributed by atoms with Crippen molar-refractivity contribution in [2.75, 3.05) is 12.8 Å². The second kappa shape index (κ2) is 10.0. The summed E-state index contributed by atoms with van der Waals surface area (Å²) in [7, 11) is -4.21. The molecule has 37 heavy (non-hydrogen) atoms. The van der Waals surface area contributed by atoms with E-state index < -0.39 is 75.9 Å². The van der Waals surface area contributed by atoms with E-state index in [2.05, 4.69) is 0 Å². The molecule has 7 nitrogen and oxygen atoms in total. The first-order valence-electron chi connectivity index (χ1n) is 11.0. The summed E-state index contributed by atoms with van der Waals surface area (Å²) in [4.78, 5) is 25.3. The van der Waals surface area contributed by atoms with Crippen LogP contribution in [0.3, 0.4) is 0 Å². The summed E-state index contributed by atoms with van der Waals surface area (Å²) in [6, 6.07) is 2.41. The minimum absolute atomic E-state index is 0.150. The number of alkyl halides is 2. The first-order chi connectivity index (χ1) is 16.9. The molecule has 0 aliphatic carbocycles. The number of hydrogen-bond donors (Lipinski definition) is 1. The highest BCUT2D eigenvalue weighted by Gasteiger charge is 2.58. The summed E-state index contributed by atoms with van der Waals surface area (Å²) in [5.74, 6) is -8.58. The maximum atomic E-state index is 15.5. The average molecular weight is 549 g/mol. The van der Waals surface area contributed by atoms with Gasteiger partial charge in [-0.25, -0.2) is 35.1 Å². The van der Waals surface area contributed by atoms with Crippen LogP contribution in [0.2, 0.25) is 0 Å². The average Bonchev–Trinajstić information content (AvgIpc) is 2.96. The molecule has 1 aliphatic heterocycles. The summed E-state index contributed by atoms with van der Waals surface area (Å²) in [5.41, 5.74) is -2.48. The van der Waals surface area contributed by atoms with E-state index in [1.54, 1.807) is 0 Å². The zero-order chi connectivity index (χ0) is 27.9. The SMILES string of the molecule is CC(=O)OC(C)(C)C(=O)N1CC(F)(F)[C@H](NS(C)(=O)=O)[C@@H]1Cc1cccc(-c2cc(F)cc(F)c2)c1F. The monoisotopic (exact) mass is 548 g/mol. The number of halogens is 5. The maximum Gasteiger partial charge on any atom is 0.303 e. The molecule has 0 spiro atoms. The molecule has 0 bridgehead atoms. The summed E-state index contributed by atoms with van der Waals surface area (Å²) in [6.45, 7) is 2.16. The normalized spacial score (nSPS) is 19.6. The lowest BCUT2D eigenvalue weighted by Gasteiger charge is -2.33. The molecule has 0 aromatic heterocycles. The minimum atomic E-state index is -4.21. The van der Waals surface area contributed by atoms with Crippen LogP contribution in [0.25, 0.3) is 11.1 Å². The number of nitrogens with zero attached hydrogens (tertiary/aromatic N) is 1. The van der Waals surface area contributed by atoms with Crippen LogP contribution >= 0.6 is 0 Å². The highest BCUT2D eigenvalue weighted by molar-refractivity contribution is 7.88. The number of rotatable bonds is 7. The van der Waals surface area contributed by atoms with Gasteiger partial charge in [0.1, 0.15) is 23.5 Å². The molecule has 1 heterocycles. The lowest BCUT2D eigenvalue weighted by atomic mass is 9.94. The van der Waals surface area contributed by atoms with Gasteiger partial charge in [-0.3, -0.25) is 9.59 Å². The van der Waals surface area contributed by atoms with Crippen molar-refractivity contribution in [3.63, 3.8) is 0 Å². The van der Waals surface area contributed by atoms with E-state index >= 15 is 13.2 Å². The van der Waals surface area contributed by atoms with Gasteiger partial charge < -0.3 is 9.64 Å². The molecular formula is C24H25F5N2O5S. The van der Waals surface area contributed by atoms with Crippen molar-refractivity contribution in [1.29, 1.82) is 0 Å². The van der Waals surface area contributed by atoms with Crippen LogP contribution < -0.4 is 4.72 Å². The van der Waals surface area contributed by atoms with E-state index in [0.29, 0.717) is 17.2 Å². The van der Waals surface area contributed by atoms with Crippen LogP contribution in [-0.4, -0.2) is 61.6 Å². The number of carbonyl (C=O) groups excluding carboxylic acids is 2. The van der Waals surface area contributed by atoms with Crippen molar-refractivity contribution in [2.45, 2.75) is 50.8 Å². The Morgan fingerprint density at radius 3 is 2.27 bits per heavy atom. The van der Waals surface area contributed by atoms with E-state index in [9.17, 15) is 26.8 Å². The van der Waals surface area contributed by atoms with E-state index in [4.69, 9.17) is 4.74 Å². The van der Waals surface area contributed by atoms with Gasteiger partial charge in [0.15, 0.2) is 5.60 Å². The smallest absolute Gasteiger partial charge is 0.303 e. The second-order valence-electron chi connectivity index (χ2n) is 9.37. The van der Waals surface area contributed by atoms with Gasteiger partial charge in [0.2, 0.25) is 10.0 Å². The Labute approximate surface area is 210 Å². The molecule has 1 N–H and O–H groups in total. The number of amides is 1. The molecule has 3 rings (SSSR count). The Hall–Kier alpha value is -3.06. The lowest BCUT2D eigenvalue weighted by molar-refractivity contribution is -0.169. The first-order valence-corrected chi connectivity index (χ1v) is 12.9. The van der Waals surface area contributed by atoms with E-state index in [1.807, 2.05) is 4.72 Å². The summed E-state index contributed by atoms with van der Waals surface area (Å²) in [5, 5.41) is 0. The minimum Gasteiger partial charge on any atom is -0.450 e. The quantitative estimate of drug-likeness (QED) is 0.423. The van der Waals surface area contributed by atoms with Crippen molar-refractivity contribution >= 4 is 21.9 Å².